The number of rotatable bonds is 6. The number of morpholine rings is 1. The lowest BCUT2D eigenvalue weighted by Gasteiger charge is -2.35. The molecule has 2 aliphatic rings. The van der Waals surface area contributed by atoms with Gasteiger partial charge in [0, 0.05) is 69.1 Å². The lowest BCUT2D eigenvalue weighted by molar-refractivity contribution is 0.0378. The second-order valence-corrected chi connectivity index (χ2v) is 10.8. The van der Waals surface area contributed by atoms with E-state index in [1.165, 1.54) is 25.1 Å². The first-order valence-electron chi connectivity index (χ1n) is 11.9. The maximum atomic E-state index is 12.4. The summed E-state index contributed by atoms with van der Waals surface area (Å²) in [6, 6.07) is 17.0. The summed E-state index contributed by atoms with van der Waals surface area (Å²) in [6.07, 6.45) is 5.09. The molecule has 2 aromatic carbocycles. The second-order valence-electron chi connectivity index (χ2n) is 8.66. The molecule has 0 amide bonds. The highest BCUT2D eigenvalue weighted by atomic mass is 32.2. The number of nitrogens with zero attached hydrogens (tertiary/aromatic N) is 3. The molecule has 2 aliphatic heterocycles. The Hall–Kier alpha value is -3.47. The van der Waals surface area contributed by atoms with E-state index in [4.69, 9.17) is 9.47 Å². The minimum Gasteiger partial charge on any atom is -0.467 e. The number of hydrogen-bond acceptors (Lipinski definition) is 9. The SMILES string of the molecule is COc1ncc(CNc2ccc3c(c2)Sc2cccc(C4CN(c5ccc[nH]c5=O)CCO4)c2S3)cn1. The first-order chi connectivity index (χ1) is 18.2. The molecular weight excluding hydrogens is 506 g/mol. The number of methoxy groups -OCH3 is 1. The monoisotopic (exact) mass is 531 g/mol. The third-order valence-corrected chi connectivity index (χ3v) is 8.91. The Balaban J connectivity index is 1.19. The molecule has 188 valence electrons. The number of ether oxygens (including phenoxy) is 2. The smallest absolute Gasteiger partial charge is 0.316 e. The summed E-state index contributed by atoms with van der Waals surface area (Å²) < 4.78 is 11.2. The fourth-order valence-corrected chi connectivity index (χ4v) is 6.90. The van der Waals surface area contributed by atoms with Gasteiger partial charge in [0.1, 0.15) is 11.8 Å². The van der Waals surface area contributed by atoms with E-state index in [1.54, 1.807) is 49.2 Å². The van der Waals surface area contributed by atoms with Crippen molar-refractivity contribution in [1.82, 2.24) is 15.0 Å². The number of nitrogens with one attached hydrogen (secondary N) is 2. The molecule has 0 spiro atoms. The van der Waals surface area contributed by atoms with E-state index < -0.39 is 0 Å². The van der Waals surface area contributed by atoms with Crippen molar-refractivity contribution >= 4 is 34.9 Å². The predicted octanol–water partition coefficient (Wildman–Crippen LogP) is 4.98. The molecule has 1 saturated heterocycles. The lowest BCUT2D eigenvalue weighted by atomic mass is 10.1. The van der Waals surface area contributed by atoms with Crippen LogP contribution >= 0.6 is 23.5 Å². The summed E-state index contributed by atoms with van der Waals surface area (Å²) in [7, 11) is 1.56. The molecule has 0 aliphatic carbocycles. The predicted molar refractivity (Wildman–Crippen MR) is 145 cm³/mol. The fourth-order valence-electron chi connectivity index (χ4n) is 4.45. The van der Waals surface area contributed by atoms with Crippen LogP contribution in [0.4, 0.5) is 11.4 Å². The topological polar surface area (TPSA) is 92.4 Å². The molecule has 4 aromatic rings. The van der Waals surface area contributed by atoms with Crippen molar-refractivity contribution in [2.24, 2.45) is 0 Å². The molecule has 37 heavy (non-hydrogen) atoms. The van der Waals surface area contributed by atoms with Crippen molar-refractivity contribution in [3.63, 3.8) is 0 Å². The number of fused-ring (bicyclic) bond motifs is 2. The normalized spacial score (nSPS) is 16.6. The van der Waals surface area contributed by atoms with Crippen molar-refractivity contribution in [1.29, 1.82) is 0 Å². The molecule has 0 bridgehead atoms. The number of anilines is 2. The Labute approximate surface area is 222 Å². The highest BCUT2D eigenvalue weighted by molar-refractivity contribution is 8.05. The molecule has 10 heteroatoms. The summed E-state index contributed by atoms with van der Waals surface area (Å²) >= 11 is 3.56. The number of aromatic amines is 1. The van der Waals surface area contributed by atoms with E-state index in [9.17, 15) is 4.79 Å². The minimum atomic E-state index is -0.106. The fraction of sp³-hybridized carbons (Fsp3) is 0.222. The third kappa shape index (κ3) is 5.04. The van der Waals surface area contributed by atoms with E-state index in [2.05, 4.69) is 61.6 Å². The number of hydrogen-bond donors (Lipinski definition) is 2. The lowest BCUT2D eigenvalue weighted by Crippen LogP contribution is -2.41. The molecule has 2 aromatic heterocycles. The van der Waals surface area contributed by atoms with Gasteiger partial charge in [0.2, 0.25) is 0 Å². The van der Waals surface area contributed by atoms with Crippen LogP contribution in [0.1, 0.15) is 17.2 Å². The molecule has 0 radical (unpaired) electrons. The van der Waals surface area contributed by atoms with E-state index in [1.807, 2.05) is 12.1 Å². The maximum Gasteiger partial charge on any atom is 0.316 e. The standard InChI is InChI=1S/C27H25N5O3S2/c1-34-27-30-14-17(15-31-27)13-29-18-7-8-22-24(12-18)36-23-6-2-4-19(25(23)37-22)21-16-32(10-11-35-21)20-5-3-9-28-26(20)33/h2-9,12,14-15,21,29H,10-11,13,16H2,1H3,(H,28,33). The highest BCUT2D eigenvalue weighted by Crippen LogP contribution is 2.51. The van der Waals surface area contributed by atoms with Crippen molar-refractivity contribution in [3.05, 3.63) is 88.6 Å². The number of pyridine rings is 1. The van der Waals surface area contributed by atoms with E-state index in [0.717, 1.165) is 11.3 Å². The highest BCUT2D eigenvalue weighted by Gasteiger charge is 2.29. The van der Waals surface area contributed by atoms with E-state index in [0.29, 0.717) is 37.9 Å². The van der Waals surface area contributed by atoms with Gasteiger partial charge >= 0.3 is 6.01 Å². The van der Waals surface area contributed by atoms with Gasteiger partial charge in [0.05, 0.1) is 13.7 Å². The maximum absolute atomic E-state index is 12.4. The summed E-state index contributed by atoms with van der Waals surface area (Å²) in [5.74, 6) is 0. The zero-order valence-electron chi connectivity index (χ0n) is 20.1. The molecule has 4 heterocycles. The van der Waals surface area contributed by atoms with Crippen molar-refractivity contribution in [3.8, 4) is 6.01 Å². The Morgan fingerprint density at radius 1 is 1.11 bits per heavy atom. The Morgan fingerprint density at radius 3 is 2.84 bits per heavy atom. The Kier molecular flexibility index (Phi) is 6.77. The molecule has 1 fully saturated rings. The number of aromatic nitrogens is 3. The Morgan fingerprint density at radius 2 is 2.00 bits per heavy atom. The average Bonchev–Trinajstić information content (AvgIpc) is 2.95. The van der Waals surface area contributed by atoms with Crippen LogP contribution in [0.3, 0.4) is 0 Å². The van der Waals surface area contributed by atoms with E-state index >= 15 is 0 Å². The van der Waals surface area contributed by atoms with Crippen molar-refractivity contribution < 1.29 is 9.47 Å². The quantitative estimate of drug-likeness (QED) is 0.315. The third-order valence-electron chi connectivity index (χ3n) is 6.30. The largest absolute Gasteiger partial charge is 0.467 e. The first kappa shape index (κ1) is 23.9. The van der Waals surface area contributed by atoms with Crippen LogP contribution in [0.5, 0.6) is 6.01 Å². The van der Waals surface area contributed by atoms with Crippen LogP contribution in [-0.4, -0.2) is 41.8 Å². The van der Waals surface area contributed by atoms with Gasteiger partial charge in [0.25, 0.3) is 5.56 Å². The summed E-state index contributed by atoms with van der Waals surface area (Å²) in [5.41, 5.74) is 3.81. The van der Waals surface area contributed by atoms with Gasteiger partial charge in [0.15, 0.2) is 0 Å². The molecule has 0 saturated carbocycles. The molecular formula is C27H25N5O3S2. The van der Waals surface area contributed by atoms with Gasteiger partial charge in [-0.15, -0.1) is 0 Å². The van der Waals surface area contributed by atoms with Gasteiger partial charge in [-0.1, -0.05) is 35.7 Å². The Bertz CT molecular complexity index is 1480. The molecule has 1 unspecified atom stereocenters. The van der Waals surface area contributed by atoms with Gasteiger partial charge in [-0.2, -0.15) is 0 Å². The summed E-state index contributed by atoms with van der Waals surface area (Å²) in [4.78, 5) is 30.5. The van der Waals surface area contributed by atoms with Crippen molar-refractivity contribution in [2.45, 2.75) is 32.2 Å². The summed E-state index contributed by atoms with van der Waals surface area (Å²) in [5, 5.41) is 3.46. The first-order valence-corrected chi connectivity index (χ1v) is 13.6. The van der Waals surface area contributed by atoms with Crippen LogP contribution in [0.25, 0.3) is 0 Å². The zero-order chi connectivity index (χ0) is 25.2. The van der Waals surface area contributed by atoms with Gasteiger partial charge in [-0.25, -0.2) is 9.97 Å². The zero-order valence-corrected chi connectivity index (χ0v) is 21.8. The van der Waals surface area contributed by atoms with Crippen LogP contribution in [-0.2, 0) is 11.3 Å². The molecule has 2 N–H and O–H groups in total. The van der Waals surface area contributed by atoms with Crippen molar-refractivity contribution in [2.75, 3.05) is 37.0 Å². The van der Waals surface area contributed by atoms with Crippen LogP contribution in [0.15, 0.2) is 91.5 Å². The van der Waals surface area contributed by atoms with Gasteiger partial charge < -0.3 is 24.7 Å². The second kappa shape index (κ2) is 10.5. The van der Waals surface area contributed by atoms with Crippen LogP contribution in [0, 0.1) is 0 Å². The van der Waals surface area contributed by atoms with Crippen LogP contribution < -0.4 is 20.5 Å². The van der Waals surface area contributed by atoms with Gasteiger partial charge in [-0.05, 0) is 42.0 Å². The molecule has 1 atom stereocenters. The van der Waals surface area contributed by atoms with Gasteiger partial charge in [-0.3, -0.25) is 4.79 Å². The van der Waals surface area contributed by atoms with E-state index in [-0.39, 0.29) is 11.7 Å². The van der Waals surface area contributed by atoms with Crippen LogP contribution in [0.2, 0.25) is 0 Å². The minimum absolute atomic E-state index is 0.0685. The number of benzene rings is 2. The number of H-pyrrole nitrogens is 1. The average molecular weight is 532 g/mol. The molecule has 8 nitrogen and oxygen atoms in total. The summed E-state index contributed by atoms with van der Waals surface area (Å²) in [6.45, 7) is 2.54. The molecule has 6 rings (SSSR count).